The van der Waals surface area contributed by atoms with Crippen LogP contribution in [0.5, 0.6) is 0 Å². The Morgan fingerprint density at radius 3 is 2.07 bits per heavy atom. The van der Waals surface area contributed by atoms with Gasteiger partial charge in [-0.15, -0.1) is 0 Å². The van der Waals surface area contributed by atoms with Crippen LogP contribution in [0.15, 0.2) is 18.5 Å². The van der Waals surface area contributed by atoms with Crippen molar-refractivity contribution in [2.24, 2.45) is 0 Å². The lowest BCUT2D eigenvalue weighted by Crippen LogP contribution is -2.11. The van der Waals surface area contributed by atoms with Crippen molar-refractivity contribution in [2.75, 3.05) is 11.6 Å². The molecule has 0 saturated heterocycles. The number of hydrogen-bond acceptors (Lipinski definition) is 5. The van der Waals surface area contributed by atoms with Crippen molar-refractivity contribution in [1.29, 1.82) is 0 Å². The van der Waals surface area contributed by atoms with E-state index >= 15 is 0 Å². The molecule has 0 aliphatic rings. The van der Waals surface area contributed by atoms with Crippen molar-refractivity contribution >= 4 is 16.1 Å². The highest BCUT2D eigenvalue weighted by Crippen LogP contribution is 1.95. The molecular weight excluding hydrogens is 218 g/mol. The molecule has 0 atom stereocenters. The average Bonchev–Trinajstić information content (AvgIpc) is 2.01. The molecule has 0 aliphatic heterocycles. The number of anilines is 1. The topological polar surface area (TPSA) is 92.2 Å². The van der Waals surface area contributed by atoms with Crippen molar-refractivity contribution < 1.29 is 13.0 Å². The van der Waals surface area contributed by atoms with Gasteiger partial charge >= 0.3 is 0 Å². The van der Waals surface area contributed by atoms with Gasteiger partial charge in [-0.2, -0.15) is 8.42 Å². The first-order valence-electron chi connectivity index (χ1n) is 4.25. The van der Waals surface area contributed by atoms with Crippen molar-refractivity contribution in [1.82, 2.24) is 9.97 Å². The summed E-state index contributed by atoms with van der Waals surface area (Å²) in [5.74, 6) is 0.692. The molecule has 2 N–H and O–H groups in total. The van der Waals surface area contributed by atoms with Crippen LogP contribution in [0.4, 0.5) is 5.95 Å². The molecule has 1 heterocycles. The predicted octanol–water partition coefficient (Wildman–Crippen LogP) is 0.801. The van der Waals surface area contributed by atoms with Crippen LogP contribution < -0.4 is 5.32 Å². The second-order valence-corrected chi connectivity index (χ2v) is 4.57. The van der Waals surface area contributed by atoms with Crippen LogP contribution in [0.25, 0.3) is 0 Å². The molecule has 0 radical (unpaired) electrons. The zero-order valence-electron chi connectivity index (χ0n) is 8.88. The Hall–Kier alpha value is -1.21. The molecule has 7 heteroatoms. The molecule has 0 amide bonds. The third kappa shape index (κ3) is 12.8. The average molecular weight is 233 g/mol. The molecule has 0 aromatic carbocycles. The summed E-state index contributed by atoms with van der Waals surface area (Å²) in [4.78, 5) is 7.99. The Morgan fingerprint density at radius 1 is 1.33 bits per heavy atom. The van der Waals surface area contributed by atoms with E-state index in [-0.39, 0.29) is 0 Å². The molecule has 0 fully saturated rings. The van der Waals surface area contributed by atoms with E-state index in [1.54, 1.807) is 18.5 Å². The Balaban J connectivity index is 0.000000336. The van der Waals surface area contributed by atoms with Crippen molar-refractivity contribution in [3.63, 3.8) is 0 Å². The lowest BCUT2D eigenvalue weighted by molar-refractivity contribution is 0.490. The van der Waals surface area contributed by atoms with Crippen LogP contribution in [0.2, 0.25) is 0 Å². The molecule has 86 valence electrons. The van der Waals surface area contributed by atoms with Gasteiger partial charge in [0.25, 0.3) is 10.1 Å². The van der Waals surface area contributed by atoms with Crippen LogP contribution in [0, 0.1) is 0 Å². The van der Waals surface area contributed by atoms with Crippen LogP contribution in [-0.2, 0) is 10.1 Å². The van der Waals surface area contributed by atoms with E-state index in [0.717, 1.165) is 0 Å². The normalized spacial score (nSPS) is 10.5. The van der Waals surface area contributed by atoms with E-state index in [1.165, 1.54) is 0 Å². The van der Waals surface area contributed by atoms with Gasteiger partial charge < -0.3 is 5.32 Å². The van der Waals surface area contributed by atoms with Crippen LogP contribution in [0.3, 0.4) is 0 Å². The van der Waals surface area contributed by atoms with Crippen LogP contribution in [-0.4, -0.2) is 35.2 Å². The second-order valence-electron chi connectivity index (χ2n) is 3.10. The summed E-state index contributed by atoms with van der Waals surface area (Å²) in [6.45, 7) is 4.10. The monoisotopic (exact) mass is 233 g/mol. The molecule has 0 saturated carbocycles. The highest BCUT2D eigenvalue weighted by atomic mass is 32.2. The number of nitrogens with zero attached hydrogens (tertiary/aromatic N) is 2. The van der Waals surface area contributed by atoms with Gasteiger partial charge in [0.05, 0.1) is 6.26 Å². The highest BCUT2D eigenvalue weighted by Gasteiger charge is 1.93. The van der Waals surface area contributed by atoms with Crippen molar-refractivity contribution in [3.8, 4) is 0 Å². The zero-order chi connectivity index (χ0) is 11.9. The third-order valence-electron chi connectivity index (χ3n) is 0.984. The fraction of sp³-hybridized carbons (Fsp3) is 0.500. The first-order chi connectivity index (χ1) is 6.79. The standard InChI is InChI=1S/C7H11N3.CH4O3S/c1-6(2)10-7-8-4-3-5-9-7;1-5(2,3)4/h3-6H,1-2H3,(H,8,9,10);1H3,(H,2,3,4). The summed E-state index contributed by atoms with van der Waals surface area (Å²) in [7, 11) is -3.67. The quantitative estimate of drug-likeness (QED) is 0.734. The number of rotatable bonds is 2. The molecular formula is C8H15N3O3S. The summed E-state index contributed by atoms with van der Waals surface area (Å²) in [6.07, 6.45) is 4.16. The first-order valence-corrected chi connectivity index (χ1v) is 6.10. The molecule has 1 aromatic rings. The first kappa shape index (κ1) is 13.8. The minimum atomic E-state index is -3.67. The fourth-order valence-corrected chi connectivity index (χ4v) is 0.632. The zero-order valence-corrected chi connectivity index (χ0v) is 9.69. The fourth-order valence-electron chi connectivity index (χ4n) is 0.632. The maximum atomic E-state index is 9.19. The van der Waals surface area contributed by atoms with Gasteiger partial charge in [-0.3, -0.25) is 4.55 Å². The van der Waals surface area contributed by atoms with Gasteiger partial charge in [0, 0.05) is 18.4 Å². The maximum absolute atomic E-state index is 9.19. The van der Waals surface area contributed by atoms with Crippen molar-refractivity contribution in [3.05, 3.63) is 18.5 Å². The second kappa shape index (κ2) is 6.31. The Bertz CT molecular complexity index is 356. The minimum Gasteiger partial charge on any atom is -0.352 e. The molecule has 15 heavy (non-hydrogen) atoms. The van der Waals surface area contributed by atoms with Crippen molar-refractivity contribution in [2.45, 2.75) is 19.9 Å². The predicted molar refractivity (Wildman–Crippen MR) is 58.3 cm³/mol. The molecule has 0 spiro atoms. The van der Waals surface area contributed by atoms with E-state index in [4.69, 9.17) is 4.55 Å². The largest absolute Gasteiger partial charge is 0.352 e. The Morgan fingerprint density at radius 2 is 1.73 bits per heavy atom. The summed E-state index contributed by atoms with van der Waals surface area (Å²) in [6, 6.07) is 2.19. The third-order valence-corrected chi connectivity index (χ3v) is 0.984. The van der Waals surface area contributed by atoms with Gasteiger partial charge in [-0.1, -0.05) is 0 Å². The molecule has 1 rings (SSSR count). The number of hydrogen-bond donors (Lipinski definition) is 2. The van der Waals surface area contributed by atoms with E-state index in [2.05, 4.69) is 29.1 Å². The van der Waals surface area contributed by atoms with Gasteiger partial charge in [0.2, 0.25) is 5.95 Å². The van der Waals surface area contributed by atoms with E-state index in [0.29, 0.717) is 18.2 Å². The highest BCUT2D eigenvalue weighted by molar-refractivity contribution is 7.85. The lowest BCUT2D eigenvalue weighted by atomic mass is 10.4. The number of aromatic nitrogens is 2. The summed E-state index contributed by atoms with van der Waals surface area (Å²) in [5.41, 5.74) is 0. The minimum absolute atomic E-state index is 0.391. The Kier molecular flexibility index (Phi) is 5.80. The summed E-state index contributed by atoms with van der Waals surface area (Å²) < 4.78 is 25.9. The smallest absolute Gasteiger partial charge is 0.261 e. The molecule has 0 unspecified atom stereocenters. The van der Waals surface area contributed by atoms with Gasteiger partial charge in [0.15, 0.2) is 0 Å². The maximum Gasteiger partial charge on any atom is 0.261 e. The lowest BCUT2D eigenvalue weighted by Gasteiger charge is -2.05. The molecule has 0 aliphatic carbocycles. The summed E-state index contributed by atoms with van der Waals surface area (Å²) in [5, 5.41) is 3.08. The van der Waals surface area contributed by atoms with E-state index in [9.17, 15) is 8.42 Å². The van der Waals surface area contributed by atoms with E-state index in [1.807, 2.05) is 0 Å². The SMILES string of the molecule is CC(C)Nc1ncccn1.CS(=O)(=O)O. The Labute approximate surface area is 89.5 Å². The summed E-state index contributed by atoms with van der Waals surface area (Å²) >= 11 is 0. The van der Waals surface area contributed by atoms with Gasteiger partial charge in [0.1, 0.15) is 0 Å². The van der Waals surface area contributed by atoms with Gasteiger partial charge in [-0.25, -0.2) is 9.97 Å². The molecule has 1 aromatic heterocycles. The number of nitrogens with one attached hydrogen (secondary N) is 1. The molecule has 0 bridgehead atoms. The van der Waals surface area contributed by atoms with Crippen LogP contribution in [0.1, 0.15) is 13.8 Å². The van der Waals surface area contributed by atoms with E-state index < -0.39 is 10.1 Å². The van der Waals surface area contributed by atoms with Gasteiger partial charge in [-0.05, 0) is 19.9 Å². The molecule has 6 nitrogen and oxygen atoms in total. The van der Waals surface area contributed by atoms with Crippen LogP contribution >= 0.6 is 0 Å².